The minimum Gasteiger partial charge on any atom is -0.508 e. The number of Topliss-reactive ketones (excluding diaryl/α,β-unsaturated/α-hetero) is 1. The lowest BCUT2D eigenvalue weighted by Crippen LogP contribution is -2.28. The first-order valence-electron chi connectivity index (χ1n) is 8.12. The monoisotopic (exact) mass is 338 g/mol. The number of hydrogen-bond acceptors (Lipinski definition) is 5. The summed E-state index contributed by atoms with van der Waals surface area (Å²) < 4.78 is 11.8. The highest BCUT2D eigenvalue weighted by atomic mass is 16.5. The number of phenolic OH excluding ortho intramolecular Hbond substituents is 2. The molecular formula is C20H18O5. The van der Waals surface area contributed by atoms with Gasteiger partial charge in [0.2, 0.25) is 0 Å². The van der Waals surface area contributed by atoms with Crippen LogP contribution in [0.5, 0.6) is 23.0 Å². The van der Waals surface area contributed by atoms with Crippen molar-refractivity contribution in [2.45, 2.75) is 32.0 Å². The van der Waals surface area contributed by atoms with Gasteiger partial charge in [-0.05, 0) is 32.1 Å². The smallest absolute Gasteiger partial charge is 0.174 e. The van der Waals surface area contributed by atoms with Crippen LogP contribution in [-0.4, -0.2) is 21.6 Å². The normalized spacial score (nSPS) is 20.2. The van der Waals surface area contributed by atoms with Gasteiger partial charge in [-0.1, -0.05) is 18.2 Å². The van der Waals surface area contributed by atoms with Crippen molar-refractivity contribution in [2.75, 3.05) is 0 Å². The quantitative estimate of drug-likeness (QED) is 0.822. The first-order chi connectivity index (χ1) is 11.9. The largest absolute Gasteiger partial charge is 0.508 e. The molecule has 0 radical (unpaired) electrons. The molecule has 0 saturated heterocycles. The maximum atomic E-state index is 12.6. The number of fused-ring (bicyclic) bond motifs is 2. The van der Waals surface area contributed by atoms with Gasteiger partial charge in [-0.2, -0.15) is 0 Å². The molecule has 2 aromatic rings. The summed E-state index contributed by atoms with van der Waals surface area (Å²) in [6, 6.07) is 8.40. The van der Waals surface area contributed by atoms with Crippen LogP contribution in [0.2, 0.25) is 0 Å². The minimum absolute atomic E-state index is 0.0486. The second kappa shape index (κ2) is 5.28. The molecule has 2 aromatic carbocycles. The third-order valence-corrected chi connectivity index (χ3v) is 4.49. The van der Waals surface area contributed by atoms with Crippen LogP contribution in [0.15, 0.2) is 36.4 Å². The van der Waals surface area contributed by atoms with Gasteiger partial charge in [0, 0.05) is 11.6 Å². The van der Waals surface area contributed by atoms with Crippen LogP contribution in [0.1, 0.15) is 47.9 Å². The van der Waals surface area contributed by atoms with Gasteiger partial charge in [0.25, 0.3) is 0 Å². The second-order valence-electron chi connectivity index (χ2n) is 6.84. The van der Waals surface area contributed by atoms with Gasteiger partial charge in [0.1, 0.15) is 40.3 Å². The molecule has 0 aromatic heterocycles. The molecule has 0 bridgehead atoms. The van der Waals surface area contributed by atoms with E-state index in [1.807, 2.05) is 19.9 Å². The van der Waals surface area contributed by atoms with Crippen molar-refractivity contribution in [3.8, 4) is 23.0 Å². The number of benzene rings is 2. The van der Waals surface area contributed by atoms with E-state index in [1.54, 1.807) is 36.4 Å². The van der Waals surface area contributed by atoms with Crippen LogP contribution in [0.25, 0.3) is 6.08 Å². The number of carbonyl (C=O) groups is 1. The number of para-hydroxylation sites is 1. The summed E-state index contributed by atoms with van der Waals surface area (Å²) in [5, 5.41) is 20.6. The highest BCUT2D eigenvalue weighted by molar-refractivity contribution is 6.04. The molecule has 2 aliphatic heterocycles. The summed E-state index contributed by atoms with van der Waals surface area (Å²) >= 11 is 0. The Labute approximate surface area is 145 Å². The van der Waals surface area contributed by atoms with E-state index in [4.69, 9.17) is 9.47 Å². The Hall–Kier alpha value is -2.95. The van der Waals surface area contributed by atoms with E-state index in [0.29, 0.717) is 16.9 Å². The molecule has 0 aliphatic carbocycles. The van der Waals surface area contributed by atoms with Crippen LogP contribution >= 0.6 is 0 Å². The number of ketones is 1. The third kappa shape index (κ3) is 2.52. The first-order valence-corrected chi connectivity index (χ1v) is 8.12. The first kappa shape index (κ1) is 15.6. The highest BCUT2D eigenvalue weighted by Gasteiger charge is 2.35. The molecule has 0 saturated carbocycles. The Kier molecular flexibility index (Phi) is 3.29. The van der Waals surface area contributed by atoms with Crippen LogP contribution in [0, 0.1) is 0 Å². The Bertz CT molecular complexity index is 911. The summed E-state index contributed by atoms with van der Waals surface area (Å²) in [7, 11) is 0. The Morgan fingerprint density at radius 3 is 2.68 bits per heavy atom. The number of phenols is 2. The maximum Gasteiger partial charge on any atom is 0.174 e. The Morgan fingerprint density at radius 2 is 1.92 bits per heavy atom. The molecule has 0 fully saturated rings. The van der Waals surface area contributed by atoms with Crippen LogP contribution in [0.3, 0.4) is 0 Å². The average molecular weight is 338 g/mol. The fraction of sp³-hybridized carbons (Fsp3) is 0.250. The Morgan fingerprint density at radius 1 is 1.16 bits per heavy atom. The molecule has 128 valence electrons. The molecule has 4 rings (SSSR count). The van der Waals surface area contributed by atoms with E-state index in [9.17, 15) is 15.0 Å². The molecule has 2 aliphatic rings. The van der Waals surface area contributed by atoms with Crippen molar-refractivity contribution in [1.82, 2.24) is 0 Å². The van der Waals surface area contributed by atoms with Gasteiger partial charge in [-0.15, -0.1) is 0 Å². The molecule has 5 nitrogen and oxygen atoms in total. The summed E-state index contributed by atoms with van der Waals surface area (Å²) in [4.78, 5) is 12.6. The maximum absolute atomic E-state index is 12.6. The average Bonchev–Trinajstić information content (AvgIpc) is 2.53. The van der Waals surface area contributed by atoms with Gasteiger partial charge in [-0.25, -0.2) is 0 Å². The van der Waals surface area contributed by atoms with Gasteiger partial charge < -0.3 is 19.7 Å². The predicted octanol–water partition coefficient (Wildman–Crippen LogP) is 3.99. The second-order valence-corrected chi connectivity index (χ2v) is 6.84. The van der Waals surface area contributed by atoms with E-state index in [2.05, 4.69) is 0 Å². The van der Waals surface area contributed by atoms with E-state index in [1.165, 1.54) is 0 Å². The summed E-state index contributed by atoms with van der Waals surface area (Å²) in [6.45, 7) is 3.81. The lowest BCUT2D eigenvalue weighted by molar-refractivity contribution is 0.0839. The van der Waals surface area contributed by atoms with Crippen molar-refractivity contribution in [2.24, 2.45) is 0 Å². The molecule has 1 atom stereocenters. The number of rotatable bonds is 1. The predicted molar refractivity (Wildman–Crippen MR) is 92.3 cm³/mol. The van der Waals surface area contributed by atoms with E-state index in [-0.39, 0.29) is 35.0 Å². The van der Waals surface area contributed by atoms with E-state index in [0.717, 1.165) is 0 Å². The zero-order valence-corrected chi connectivity index (χ0v) is 13.9. The van der Waals surface area contributed by atoms with Gasteiger partial charge >= 0.3 is 0 Å². The van der Waals surface area contributed by atoms with Crippen LogP contribution < -0.4 is 9.47 Å². The van der Waals surface area contributed by atoms with E-state index < -0.39 is 11.7 Å². The topological polar surface area (TPSA) is 76.0 Å². The molecule has 0 amide bonds. The standard InChI is InChI=1S/C20H18O5/c1-20(2)8-7-12-16(25-20)10-17-18(19(12)23)14(22)9-15(24-17)11-5-3-4-6-13(11)21/h3-8,10,15,21,23H,9H2,1-2H3/t15-/m0/s1. The number of hydrogen-bond donors (Lipinski definition) is 2. The van der Waals surface area contributed by atoms with E-state index >= 15 is 0 Å². The van der Waals surface area contributed by atoms with Gasteiger partial charge in [0.15, 0.2) is 5.78 Å². The highest BCUT2D eigenvalue weighted by Crippen LogP contribution is 2.48. The third-order valence-electron chi connectivity index (χ3n) is 4.49. The minimum atomic E-state index is -0.606. The Balaban J connectivity index is 1.80. The van der Waals surface area contributed by atoms with Gasteiger partial charge in [0.05, 0.1) is 12.0 Å². The lowest BCUT2D eigenvalue weighted by atomic mass is 9.92. The fourth-order valence-corrected chi connectivity index (χ4v) is 3.25. The van der Waals surface area contributed by atoms with Crippen molar-refractivity contribution in [3.05, 3.63) is 53.1 Å². The number of ether oxygens (including phenoxy) is 2. The van der Waals surface area contributed by atoms with Gasteiger partial charge in [-0.3, -0.25) is 4.79 Å². The summed E-state index contributed by atoms with van der Waals surface area (Å²) in [5.41, 5.74) is 0.679. The van der Waals surface area contributed by atoms with Crippen molar-refractivity contribution >= 4 is 11.9 Å². The fourth-order valence-electron chi connectivity index (χ4n) is 3.25. The molecule has 0 spiro atoms. The summed E-state index contributed by atoms with van der Waals surface area (Å²) in [6.07, 6.45) is 3.04. The van der Waals surface area contributed by atoms with Crippen molar-refractivity contribution < 1.29 is 24.5 Å². The SMILES string of the molecule is CC1(C)C=Cc2c(cc3c(c2O)C(=O)C[C@@H](c2ccccc2O)O3)O1. The molecule has 5 heteroatoms. The van der Waals surface area contributed by atoms with Crippen LogP contribution in [0.4, 0.5) is 0 Å². The molecule has 2 heterocycles. The zero-order valence-electron chi connectivity index (χ0n) is 13.9. The van der Waals surface area contributed by atoms with Crippen molar-refractivity contribution in [1.29, 1.82) is 0 Å². The zero-order chi connectivity index (χ0) is 17.8. The van der Waals surface area contributed by atoms with Crippen molar-refractivity contribution in [3.63, 3.8) is 0 Å². The van der Waals surface area contributed by atoms with Crippen LogP contribution in [-0.2, 0) is 0 Å². The lowest BCUT2D eigenvalue weighted by Gasteiger charge is -2.31. The molecule has 2 N–H and O–H groups in total. The number of carbonyl (C=O) groups excluding carboxylic acids is 1. The molecular weight excluding hydrogens is 320 g/mol. The number of aromatic hydroxyl groups is 2. The molecule has 25 heavy (non-hydrogen) atoms. The summed E-state index contributed by atoms with van der Waals surface area (Å²) in [5.74, 6) is 0.459. The molecule has 0 unspecified atom stereocenters.